The number of hydrogen-bond acceptors (Lipinski definition) is 3. The number of hydrogen-bond donors (Lipinski definition) is 1. The number of benzene rings is 1. The molecule has 0 bridgehead atoms. The van der Waals surface area contributed by atoms with Crippen molar-refractivity contribution in [3.05, 3.63) is 22.7 Å². The largest absolute Gasteiger partial charge is 0.399 e. The molecule has 0 heterocycles. The summed E-state index contributed by atoms with van der Waals surface area (Å²) in [6.45, 7) is 0. The van der Waals surface area contributed by atoms with E-state index in [0.717, 1.165) is 0 Å². The molecule has 0 aliphatic heterocycles. The lowest BCUT2D eigenvalue weighted by Gasteiger charge is -2.05. The van der Waals surface area contributed by atoms with Crippen LogP contribution < -0.4 is 5.73 Å². The quantitative estimate of drug-likeness (QED) is 0.519. The molecular formula is C9H12BrN3O2S. The van der Waals surface area contributed by atoms with Crippen LogP contribution in [0.25, 0.3) is 0 Å². The summed E-state index contributed by atoms with van der Waals surface area (Å²) < 4.78 is 27.6. The third-order valence-corrected chi connectivity index (χ3v) is 3.87. The molecular weight excluding hydrogens is 294 g/mol. The van der Waals surface area contributed by atoms with Crippen molar-refractivity contribution < 1.29 is 8.42 Å². The number of nitrogens with zero attached hydrogens (tertiary/aromatic N) is 2. The predicted octanol–water partition coefficient (Wildman–Crippen LogP) is 1.31. The van der Waals surface area contributed by atoms with Crippen LogP contribution in [0.15, 0.2) is 32.0 Å². The first-order valence-electron chi connectivity index (χ1n) is 4.35. The fourth-order valence-electron chi connectivity index (χ4n) is 0.931. The van der Waals surface area contributed by atoms with Crippen LogP contribution in [0.3, 0.4) is 0 Å². The number of anilines is 1. The Morgan fingerprint density at radius 1 is 1.44 bits per heavy atom. The van der Waals surface area contributed by atoms with Gasteiger partial charge in [-0.1, -0.05) is 0 Å². The van der Waals surface area contributed by atoms with Crippen molar-refractivity contribution in [1.29, 1.82) is 0 Å². The number of halogens is 1. The topological polar surface area (TPSA) is 75.8 Å². The highest BCUT2D eigenvalue weighted by molar-refractivity contribution is 9.10. The number of nitrogen functional groups attached to an aromatic ring is 1. The maximum Gasteiger partial charge on any atom is 0.284 e. The minimum atomic E-state index is -3.71. The predicted molar refractivity (Wildman–Crippen MR) is 67.9 cm³/mol. The molecule has 7 heteroatoms. The van der Waals surface area contributed by atoms with Crippen LogP contribution in [0.2, 0.25) is 0 Å². The smallest absolute Gasteiger partial charge is 0.284 e. The zero-order valence-electron chi connectivity index (χ0n) is 8.88. The van der Waals surface area contributed by atoms with Crippen molar-refractivity contribution in [2.45, 2.75) is 4.90 Å². The fraction of sp³-hybridized carbons (Fsp3) is 0.222. The molecule has 0 fully saturated rings. The molecule has 0 saturated carbocycles. The third kappa shape index (κ3) is 3.21. The van der Waals surface area contributed by atoms with E-state index in [2.05, 4.69) is 20.3 Å². The van der Waals surface area contributed by atoms with Gasteiger partial charge in [-0.05, 0) is 34.1 Å². The lowest BCUT2D eigenvalue weighted by atomic mass is 10.3. The van der Waals surface area contributed by atoms with Crippen molar-refractivity contribution in [2.75, 3.05) is 19.8 Å². The normalized spacial score (nSPS) is 11.9. The summed E-state index contributed by atoms with van der Waals surface area (Å²) in [5, 5.41) is 0. The Balaban J connectivity index is 3.22. The van der Waals surface area contributed by atoms with Crippen molar-refractivity contribution in [1.82, 2.24) is 4.90 Å². The summed E-state index contributed by atoms with van der Waals surface area (Å²) >= 11 is 3.15. The fourth-order valence-corrected chi connectivity index (χ4v) is 2.82. The molecule has 1 aromatic rings. The van der Waals surface area contributed by atoms with Crippen molar-refractivity contribution in [3.63, 3.8) is 0 Å². The molecule has 0 spiro atoms. The summed E-state index contributed by atoms with van der Waals surface area (Å²) in [5.74, 6) is 0. The average Bonchev–Trinajstić information content (AvgIpc) is 2.19. The lowest BCUT2D eigenvalue weighted by Crippen LogP contribution is -2.10. The molecule has 16 heavy (non-hydrogen) atoms. The number of sulfonamides is 1. The summed E-state index contributed by atoms with van der Waals surface area (Å²) in [5.41, 5.74) is 5.91. The van der Waals surface area contributed by atoms with Gasteiger partial charge in [-0.25, -0.2) is 0 Å². The minimum absolute atomic E-state index is 0.0607. The summed E-state index contributed by atoms with van der Waals surface area (Å²) in [4.78, 5) is 1.60. The van der Waals surface area contributed by atoms with Crippen molar-refractivity contribution >= 4 is 38.0 Å². The first kappa shape index (κ1) is 13.0. The summed E-state index contributed by atoms with van der Waals surface area (Å²) in [6.07, 6.45) is 1.23. The van der Waals surface area contributed by atoms with Crippen molar-refractivity contribution in [3.8, 4) is 0 Å². The van der Waals surface area contributed by atoms with E-state index in [1.807, 2.05) is 0 Å². The zero-order chi connectivity index (χ0) is 12.3. The van der Waals surface area contributed by atoms with E-state index in [-0.39, 0.29) is 4.90 Å². The first-order chi connectivity index (χ1) is 7.33. The molecule has 0 aliphatic carbocycles. The van der Waals surface area contributed by atoms with Gasteiger partial charge in [0.1, 0.15) is 11.2 Å². The SMILES string of the molecule is CN(C)/C=N/S(=O)(=O)c1cc(N)ccc1Br. The highest BCUT2D eigenvalue weighted by Crippen LogP contribution is 2.25. The molecule has 0 radical (unpaired) electrons. The summed E-state index contributed by atoms with van der Waals surface area (Å²) in [6, 6.07) is 4.55. The van der Waals surface area contributed by atoms with Gasteiger partial charge in [-0.2, -0.15) is 8.42 Å². The van der Waals surface area contributed by atoms with Gasteiger partial charge in [-0.15, -0.1) is 4.40 Å². The van der Waals surface area contributed by atoms with Crippen molar-refractivity contribution in [2.24, 2.45) is 4.40 Å². The standard InChI is InChI=1S/C9H12BrN3O2S/c1-13(2)6-12-16(14,15)9-5-7(11)3-4-8(9)10/h3-6H,11H2,1-2H3/b12-6+. The Morgan fingerprint density at radius 3 is 2.62 bits per heavy atom. The van der Waals surface area contributed by atoms with E-state index in [1.165, 1.54) is 17.3 Å². The van der Waals surface area contributed by atoms with Gasteiger partial charge in [0.25, 0.3) is 10.0 Å². The maximum absolute atomic E-state index is 11.8. The van der Waals surface area contributed by atoms with Crippen LogP contribution in [-0.2, 0) is 10.0 Å². The number of nitrogens with two attached hydrogens (primary N) is 1. The Bertz CT molecular complexity index is 511. The molecule has 0 aromatic heterocycles. The van der Waals surface area contributed by atoms with Gasteiger partial charge < -0.3 is 10.6 Å². The van der Waals surface area contributed by atoms with Crippen LogP contribution in [0, 0.1) is 0 Å². The molecule has 0 aliphatic rings. The van der Waals surface area contributed by atoms with Crippen LogP contribution in [0.4, 0.5) is 5.69 Å². The Morgan fingerprint density at radius 2 is 2.06 bits per heavy atom. The average molecular weight is 306 g/mol. The van der Waals surface area contributed by atoms with Gasteiger partial charge in [0.2, 0.25) is 0 Å². The van der Waals surface area contributed by atoms with Crippen LogP contribution in [0.1, 0.15) is 0 Å². The van der Waals surface area contributed by atoms with E-state index < -0.39 is 10.0 Å². The van der Waals surface area contributed by atoms with Gasteiger partial charge in [0.15, 0.2) is 0 Å². The van der Waals surface area contributed by atoms with Gasteiger partial charge in [0.05, 0.1) is 0 Å². The molecule has 0 saturated heterocycles. The molecule has 88 valence electrons. The van der Waals surface area contributed by atoms with E-state index in [0.29, 0.717) is 10.2 Å². The molecule has 5 nitrogen and oxygen atoms in total. The minimum Gasteiger partial charge on any atom is -0.399 e. The van der Waals surface area contributed by atoms with Gasteiger partial charge in [-0.3, -0.25) is 0 Å². The zero-order valence-corrected chi connectivity index (χ0v) is 11.3. The second-order valence-corrected chi connectivity index (χ2v) is 5.80. The van der Waals surface area contributed by atoms with Gasteiger partial charge >= 0.3 is 0 Å². The molecule has 2 N–H and O–H groups in total. The van der Waals surface area contributed by atoms with Crippen LogP contribution >= 0.6 is 15.9 Å². The van der Waals surface area contributed by atoms with Gasteiger partial charge in [0, 0.05) is 24.3 Å². The van der Waals surface area contributed by atoms with E-state index in [9.17, 15) is 8.42 Å². The van der Waals surface area contributed by atoms with E-state index >= 15 is 0 Å². The summed E-state index contributed by atoms with van der Waals surface area (Å²) in [7, 11) is -0.332. The Hall–Kier alpha value is -1.08. The molecule has 0 unspecified atom stereocenters. The molecule has 0 amide bonds. The molecule has 1 aromatic carbocycles. The Labute approximate surface area is 103 Å². The highest BCUT2D eigenvalue weighted by atomic mass is 79.9. The Kier molecular flexibility index (Phi) is 3.93. The monoisotopic (exact) mass is 305 g/mol. The lowest BCUT2D eigenvalue weighted by molar-refractivity contribution is 0.594. The van der Waals surface area contributed by atoms with E-state index in [1.54, 1.807) is 26.2 Å². The van der Waals surface area contributed by atoms with Crippen LogP contribution in [0.5, 0.6) is 0 Å². The molecule has 1 rings (SSSR count). The number of rotatable bonds is 3. The second kappa shape index (κ2) is 4.84. The third-order valence-electron chi connectivity index (χ3n) is 1.65. The first-order valence-corrected chi connectivity index (χ1v) is 6.58. The maximum atomic E-state index is 11.8. The molecule has 0 atom stereocenters. The van der Waals surface area contributed by atoms with E-state index in [4.69, 9.17) is 5.73 Å². The highest BCUT2D eigenvalue weighted by Gasteiger charge is 2.16. The van der Waals surface area contributed by atoms with Crippen LogP contribution in [-0.4, -0.2) is 33.8 Å². The second-order valence-electron chi connectivity index (χ2n) is 3.35.